The minimum atomic E-state index is -4.49. The highest BCUT2D eigenvalue weighted by Crippen LogP contribution is 2.23. The minimum Gasteiger partial charge on any atom is -0.748 e. The molecule has 0 aromatic rings. The zero-order valence-corrected chi connectivity index (χ0v) is 12.2. The Labute approximate surface area is 113 Å². The van der Waals surface area contributed by atoms with Gasteiger partial charge in [0.1, 0.15) is 0 Å². The van der Waals surface area contributed by atoms with Crippen LogP contribution in [0.25, 0.3) is 0 Å². The van der Waals surface area contributed by atoms with Gasteiger partial charge in [-0.1, -0.05) is 21.6 Å². The first-order valence-corrected chi connectivity index (χ1v) is 10.1. The molecule has 2 atom stereocenters. The number of hydrogen-bond donors (Lipinski definition) is 2. The van der Waals surface area contributed by atoms with Gasteiger partial charge in [-0.2, -0.15) is 0 Å². The number of aliphatic hydroxyl groups is 2. The average molecular weight is 340 g/mol. The van der Waals surface area contributed by atoms with E-state index in [0.29, 0.717) is 0 Å². The van der Waals surface area contributed by atoms with Gasteiger partial charge in [-0.15, -0.1) is 0 Å². The summed E-state index contributed by atoms with van der Waals surface area (Å²) in [5.41, 5.74) is 0. The van der Waals surface area contributed by atoms with Crippen LogP contribution in [0, 0.1) is 0 Å². The van der Waals surface area contributed by atoms with Crippen LogP contribution in [0.5, 0.6) is 0 Å². The summed E-state index contributed by atoms with van der Waals surface area (Å²) < 4.78 is 61.6. The first kappa shape index (κ1) is 18.4. The summed E-state index contributed by atoms with van der Waals surface area (Å²) in [7, 11) is -7.06. The second kappa shape index (κ2) is 7.89. The van der Waals surface area contributed by atoms with E-state index in [4.69, 9.17) is 10.2 Å². The predicted molar refractivity (Wildman–Crippen MR) is 66.1 cm³/mol. The maximum Gasteiger partial charge on any atom is 0.0971 e. The van der Waals surface area contributed by atoms with Crippen LogP contribution in [0.15, 0.2) is 0 Å². The Hall–Kier alpha value is 0.440. The third kappa shape index (κ3) is 12.9. The van der Waals surface area contributed by atoms with Gasteiger partial charge in [0.25, 0.3) is 0 Å². The molecule has 0 amide bonds. The first-order valence-electron chi connectivity index (χ1n) is 4.47. The van der Waals surface area contributed by atoms with Gasteiger partial charge in [-0.3, -0.25) is 0 Å². The summed E-state index contributed by atoms with van der Waals surface area (Å²) >= 11 is 0. The van der Waals surface area contributed by atoms with Crippen molar-refractivity contribution in [2.45, 2.75) is 12.2 Å². The summed E-state index contributed by atoms with van der Waals surface area (Å²) in [6.45, 7) is 0. The third-order valence-electron chi connectivity index (χ3n) is 1.40. The molecular weight excluding hydrogens is 328 g/mol. The van der Waals surface area contributed by atoms with Crippen molar-refractivity contribution in [1.29, 1.82) is 0 Å². The molecule has 0 aromatic carbocycles. The SMILES string of the molecule is O=S(=O)([O-])CC(O)CSSCC(O)CS(=O)(=O)[O-]. The zero-order valence-electron chi connectivity index (χ0n) is 8.96. The predicted octanol–water partition coefficient (Wildman–Crippen LogP) is -1.82. The molecule has 2 N–H and O–H groups in total. The largest absolute Gasteiger partial charge is 0.748 e. The smallest absolute Gasteiger partial charge is 0.0971 e. The van der Waals surface area contributed by atoms with Crippen molar-refractivity contribution in [3.8, 4) is 0 Å². The topological polar surface area (TPSA) is 155 Å². The van der Waals surface area contributed by atoms with E-state index >= 15 is 0 Å². The number of aliphatic hydroxyl groups excluding tert-OH is 2. The summed E-state index contributed by atoms with van der Waals surface area (Å²) in [5.74, 6) is -1.94. The molecule has 18 heavy (non-hydrogen) atoms. The minimum absolute atomic E-state index is 0.0665. The molecule has 0 fully saturated rings. The van der Waals surface area contributed by atoms with Gasteiger partial charge in [0, 0.05) is 11.5 Å². The Balaban J connectivity index is 3.74. The molecule has 0 bridgehead atoms. The molecule has 0 rings (SSSR count). The van der Waals surface area contributed by atoms with Crippen molar-refractivity contribution < 1.29 is 36.2 Å². The van der Waals surface area contributed by atoms with E-state index in [-0.39, 0.29) is 11.5 Å². The van der Waals surface area contributed by atoms with Crippen LogP contribution >= 0.6 is 21.6 Å². The Morgan fingerprint density at radius 3 is 1.33 bits per heavy atom. The van der Waals surface area contributed by atoms with E-state index in [1.807, 2.05) is 0 Å². The molecule has 0 saturated carbocycles. The second-order valence-corrected chi connectivity index (χ2v) is 8.78. The van der Waals surface area contributed by atoms with E-state index in [0.717, 1.165) is 21.6 Å². The third-order valence-corrected chi connectivity index (χ3v) is 5.51. The molecular formula is C6H12O8S4-2. The van der Waals surface area contributed by atoms with Crippen LogP contribution in [-0.4, -0.2) is 71.4 Å². The van der Waals surface area contributed by atoms with Crippen LogP contribution in [-0.2, 0) is 20.2 Å². The van der Waals surface area contributed by atoms with Gasteiger partial charge < -0.3 is 19.3 Å². The Kier molecular flexibility index (Phi) is 8.08. The van der Waals surface area contributed by atoms with Crippen molar-refractivity contribution in [1.82, 2.24) is 0 Å². The summed E-state index contributed by atoms with van der Waals surface area (Å²) in [5, 5.41) is 18.2. The highest BCUT2D eigenvalue weighted by atomic mass is 33.1. The Bertz CT molecular complexity index is 387. The fourth-order valence-electron chi connectivity index (χ4n) is 0.821. The molecule has 12 heteroatoms. The standard InChI is InChI=1S/C6H14O8S4/c7-5(3-17(9,10)11)1-15-16-2-6(8)4-18(12,13)14/h5-8H,1-4H2,(H,9,10,11)(H,12,13,14)/p-2. The maximum atomic E-state index is 10.3. The van der Waals surface area contributed by atoms with E-state index in [1.165, 1.54) is 0 Å². The number of hydrogen-bond acceptors (Lipinski definition) is 10. The molecule has 0 radical (unpaired) electrons. The maximum absolute atomic E-state index is 10.3. The van der Waals surface area contributed by atoms with Crippen molar-refractivity contribution in [2.24, 2.45) is 0 Å². The quantitative estimate of drug-likeness (QED) is 0.278. The fraction of sp³-hybridized carbons (Fsp3) is 1.00. The van der Waals surface area contributed by atoms with E-state index < -0.39 is 43.9 Å². The number of rotatable bonds is 9. The summed E-state index contributed by atoms with van der Waals surface area (Å²) in [6.07, 6.45) is -2.66. The zero-order chi connectivity index (χ0) is 14.4. The molecule has 0 aliphatic rings. The highest BCUT2D eigenvalue weighted by molar-refractivity contribution is 8.76. The van der Waals surface area contributed by atoms with E-state index in [9.17, 15) is 25.9 Å². The second-order valence-electron chi connectivity index (χ2n) is 3.33. The van der Waals surface area contributed by atoms with Gasteiger partial charge in [0.2, 0.25) is 0 Å². The van der Waals surface area contributed by atoms with Crippen molar-refractivity contribution in [3.05, 3.63) is 0 Å². The molecule has 0 aromatic heterocycles. The molecule has 0 heterocycles. The summed E-state index contributed by atoms with van der Waals surface area (Å²) in [4.78, 5) is 0. The molecule has 0 aliphatic carbocycles. The molecule has 110 valence electrons. The molecule has 0 spiro atoms. The highest BCUT2D eigenvalue weighted by Gasteiger charge is 2.11. The van der Waals surface area contributed by atoms with Crippen molar-refractivity contribution in [3.63, 3.8) is 0 Å². The first-order chi connectivity index (χ1) is 7.99. The van der Waals surface area contributed by atoms with Crippen LogP contribution < -0.4 is 0 Å². The van der Waals surface area contributed by atoms with Gasteiger partial charge in [-0.05, 0) is 0 Å². The van der Waals surface area contributed by atoms with E-state index in [1.54, 1.807) is 0 Å². The van der Waals surface area contributed by atoms with Crippen LogP contribution in [0.1, 0.15) is 0 Å². The molecule has 0 saturated heterocycles. The average Bonchev–Trinajstić information content (AvgIpc) is 2.06. The van der Waals surface area contributed by atoms with E-state index in [2.05, 4.69) is 0 Å². The molecule has 8 nitrogen and oxygen atoms in total. The monoisotopic (exact) mass is 340 g/mol. The lowest BCUT2D eigenvalue weighted by Crippen LogP contribution is -2.23. The van der Waals surface area contributed by atoms with Gasteiger partial charge in [-0.25, -0.2) is 16.8 Å². The van der Waals surface area contributed by atoms with Crippen LogP contribution in [0.4, 0.5) is 0 Å². The lowest BCUT2D eigenvalue weighted by Gasteiger charge is -2.14. The lowest BCUT2D eigenvalue weighted by atomic mass is 10.5. The van der Waals surface area contributed by atoms with Gasteiger partial charge in [0.05, 0.1) is 43.9 Å². The normalized spacial score (nSPS) is 16.4. The Morgan fingerprint density at radius 2 is 1.11 bits per heavy atom. The van der Waals surface area contributed by atoms with Crippen molar-refractivity contribution in [2.75, 3.05) is 23.0 Å². The lowest BCUT2D eigenvalue weighted by molar-refractivity contribution is 0.218. The Morgan fingerprint density at radius 1 is 0.833 bits per heavy atom. The van der Waals surface area contributed by atoms with Gasteiger partial charge >= 0.3 is 0 Å². The molecule has 0 aliphatic heterocycles. The fourth-order valence-corrected chi connectivity index (χ4v) is 4.56. The van der Waals surface area contributed by atoms with Crippen LogP contribution in [0.2, 0.25) is 0 Å². The van der Waals surface area contributed by atoms with Gasteiger partial charge in [0.15, 0.2) is 0 Å². The molecule has 2 unspecified atom stereocenters. The van der Waals surface area contributed by atoms with Crippen molar-refractivity contribution >= 4 is 41.8 Å². The summed E-state index contributed by atoms with van der Waals surface area (Å²) in [6, 6.07) is 0. The van der Waals surface area contributed by atoms with Crippen LogP contribution in [0.3, 0.4) is 0 Å².